The van der Waals surface area contributed by atoms with Gasteiger partial charge in [0, 0.05) is 5.56 Å². The highest BCUT2D eigenvalue weighted by molar-refractivity contribution is 5.85. The quantitative estimate of drug-likeness (QED) is 0.133. The highest BCUT2D eigenvalue weighted by atomic mass is 35.5. The minimum atomic E-state index is 0. The van der Waals surface area contributed by atoms with Crippen molar-refractivity contribution in [2.24, 2.45) is 0 Å². The lowest BCUT2D eigenvalue weighted by atomic mass is 9.96. The number of methoxy groups -OCH3 is 3. The minimum Gasteiger partial charge on any atom is -0.497 e. The zero-order chi connectivity index (χ0) is 27.5. The predicted molar refractivity (Wildman–Crippen MR) is 177 cm³/mol. The summed E-state index contributed by atoms with van der Waals surface area (Å²) in [5, 5.41) is 7.22. The average Bonchev–Trinajstić information content (AvgIpc) is 2.98. The van der Waals surface area contributed by atoms with Crippen molar-refractivity contribution in [3.8, 4) is 17.2 Å². The Morgan fingerprint density at radius 3 is 1.88 bits per heavy atom. The molecule has 0 radical (unpaired) electrons. The fourth-order valence-corrected chi connectivity index (χ4v) is 5.04. The van der Waals surface area contributed by atoms with E-state index >= 15 is 0 Å². The van der Waals surface area contributed by atoms with Gasteiger partial charge in [0.05, 0.1) is 21.3 Å². The summed E-state index contributed by atoms with van der Waals surface area (Å²) < 4.78 is 16.8. The van der Waals surface area contributed by atoms with E-state index in [9.17, 15) is 0 Å². The van der Waals surface area contributed by atoms with E-state index in [0.717, 1.165) is 75.5 Å². The van der Waals surface area contributed by atoms with Crippen LogP contribution in [0.3, 0.4) is 0 Å². The van der Waals surface area contributed by atoms with E-state index in [-0.39, 0.29) is 24.8 Å². The summed E-state index contributed by atoms with van der Waals surface area (Å²) in [5.74, 6) is 2.59. The number of hydrogen-bond donors (Lipinski definition) is 2. The highest BCUT2D eigenvalue weighted by Crippen LogP contribution is 2.35. The zero-order valence-electron chi connectivity index (χ0n) is 25.1. The van der Waals surface area contributed by atoms with E-state index in [1.54, 1.807) is 21.3 Å². The van der Waals surface area contributed by atoms with Crippen LogP contribution in [-0.2, 0) is 25.7 Å². The standard InChI is InChI=1S/C34H48N2O3.2ClH/c1-37-31-17-11-15-29(27-31)16-12-18-32-30(19-20-33(38-2)34(32)39-3)22-26-36-24-10-5-4-9-23-35-25-21-28-13-7-6-8-14-28;;/h6-8,11,13-15,17,19-20,27,35-36H,4-5,9-10,12,16,18,21-26H2,1-3H3;2*1H. The molecule has 0 amide bonds. The van der Waals surface area contributed by atoms with Crippen LogP contribution in [0.25, 0.3) is 0 Å². The Kier molecular flexibility index (Phi) is 19.8. The number of aryl methyl sites for hydroxylation is 1. The zero-order valence-corrected chi connectivity index (χ0v) is 26.7. The van der Waals surface area contributed by atoms with Crippen molar-refractivity contribution >= 4 is 24.8 Å². The van der Waals surface area contributed by atoms with Gasteiger partial charge in [-0.15, -0.1) is 24.8 Å². The van der Waals surface area contributed by atoms with E-state index in [1.807, 2.05) is 12.1 Å². The normalized spacial score (nSPS) is 10.4. The van der Waals surface area contributed by atoms with Gasteiger partial charge in [-0.25, -0.2) is 0 Å². The molecule has 0 atom stereocenters. The maximum Gasteiger partial charge on any atom is 0.164 e. The Hall–Kier alpha value is -2.44. The van der Waals surface area contributed by atoms with Crippen molar-refractivity contribution in [2.45, 2.75) is 57.8 Å². The average molecular weight is 606 g/mol. The van der Waals surface area contributed by atoms with Crippen molar-refractivity contribution in [2.75, 3.05) is 47.5 Å². The van der Waals surface area contributed by atoms with Crippen molar-refractivity contribution in [3.63, 3.8) is 0 Å². The maximum atomic E-state index is 5.81. The van der Waals surface area contributed by atoms with Crippen LogP contribution >= 0.6 is 24.8 Å². The predicted octanol–water partition coefficient (Wildman–Crippen LogP) is 7.26. The van der Waals surface area contributed by atoms with Crippen LogP contribution in [0.1, 0.15) is 54.4 Å². The van der Waals surface area contributed by atoms with Gasteiger partial charge in [-0.1, -0.05) is 61.4 Å². The number of benzene rings is 3. The van der Waals surface area contributed by atoms with Crippen LogP contribution in [-0.4, -0.2) is 47.5 Å². The molecule has 3 aromatic carbocycles. The lowest BCUT2D eigenvalue weighted by molar-refractivity contribution is 0.350. The molecule has 0 aliphatic carbocycles. The molecular weight excluding hydrogens is 555 g/mol. The lowest BCUT2D eigenvalue weighted by Gasteiger charge is -2.17. The molecule has 228 valence electrons. The first-order chi connectivity index (χ1) is 19.2. The molecule has 0 bridgehead atoms. The first kappa shape index (κ1) is 36.6. The van der Waals surface area contributed by atoms with E-state index in [0.29, 0.717) is 0 Å². The summed E-state index contributed by atoms with van der Waals surface area (Å²) in [7, 11) is 5.16. The molecule has 0 spiro atoms. The third-order valence-electron chi connectivity index (χ3n) is 7.23. The first-order valence-electron chi connectivity index (χ1n) is 14.6. The smallest absolute Gasteiger partial charge is 0.164 e. The molecule has 0 unspecified atom stereocenters. The number of unbranched alkanes of at least 4 members (excludes halogenated alkanes) is 3. The van der Waals surface area contributed by atoms with Gasteiger partial charge in [0.15, 0.2) is 11.5 Å². The van der Waals surface area contributed by atoms with Crippen LogP contribution in [0.15, 0.2) is 66.7 Å². The SMILES string of the molecule is COc1cccc(CCCc2c(CCNCCCCCCNCCc3ccccc3)ccc(OC)c2OC)c1.Cl.Cl. The summed E-state index contributed by atoms with van der Waals surface area (Å²) in [5.41, 5.74) is 5.31. The molecule has 7 heteroatoms. The molecular formula is C34H50Cl2N2O3. The second-order valence-corrected chi connectivity index (χ2v) is 10.0. The molecule has 0 aromatic heterocycles. The second kappa shape index (κ2) is 22.2. The Balaban J connectivity index is 0.00000420. The largest absolute Gasteiger partial charge is 0.497 e. The third-order valence-corrected chi connectivity index (χ3v) is 7.23. The monoisotopic (exact) mass is 604 g/mol. The molecule has 0 saturated heterocycles. The molecule has 0 aliphatic heterocycles. The van der Waals surface area contributed by atoms with Gasteiger partial charge < -0.3 is 24.8 Å². The van der Waals surface area contributed by atoms with Crippen LogP contribution < -0.4 is 24.8 Å². The summed E-state index contributed by atoms with van der Waals surface area (Å²) in [6.45, 7) is 4.21. The van der Waals surface area contributed by atoms with Gasteiger partial charge in [-0.05, 0) is 106 Å². The van der Waals surface area contributed by atoms with Crippen LogP contribution in [0.5, 0.6) is 17.2 Å². The number of ether oxygens (including phenoxy) is 3. The Morgan fingerprint density at radius 1 is 0.537 bits per heavy atom. The highest BCUT2D eigenvalue weighted by Gasteiger charge is 2.15. The van der Waals surface area contributed by atoms with Crippen LogP contribution in [0, 0.1) is 0 Å². The van der Waals surface area contributed by atoms with Gasteiger partial charge in [0.2, 0.25) is 0 Å². The summed E-state index contributed by atoms with van der Waals surface area (Å²) >= 11 is 0. The van der Waals surface area contributed by atoms with Gasteiger partial charge in [-0.3, -0.25) is 0 Å². The van der Waals surface area contributed by atoms with Gasteiger partial charge >= 0.3 is 0 Å². The molecule has 2 N–H and O–H groups in total. The van der Waals surface area contributed by atoms with E-state index in [4.69, 9.17) is 14.2 Å². The Morgan fingerprint density at radius 2 is 1.22 bits per heavy atom. The summed E-state index contributed by atoms with van der Waals surface area (Å²) in [4.78, 5) is 0. The van der Waals surface area contributed by atoms with Gasteiger partial charge in [0.25, 0.3) is 0 Å². The lowest BCUT2D eigenvalue weighted by Crippen LogP contribution is -2.20. The minimum absolute atomic E-state index is 0. The van der Waals surface area contributed by atoms with Crippen molar-refractivity contribution in [3.05, 3.63) is 89.0 Å². The first-order valence-corrected chi connectivity index (χ1v) is 14.6. The Labute approximate surface area is 260 Å². The number of hydrogen-bond acceptors (Lipinski definition) is 5. The van der Waals surface area contributed by atoms with E-state index in [2.05, 4.69) is 65.2 Å². The van der Waals surface area contributed by atoms with Crippen molar-refractivity contribution in [1.29, 1.82) is 0 Å². The fraction of sp³-hybridized carbons (Fsp3) is 0.471. The third kappa shape index (κ3) is 13.4. The number of nitrogens with one attached hydrogen (secondary N) is 2. The topological polar surface area (TPSA) is 51.8 Å². The van der Waals surface area contributed by atoms with Crippen LogP contribution in [0.2, 0.25) is 0 Å². The molecule has 3 rings (SSSR count). The molecule has 3 aromatic rings. The number of halogens is 2. The van der Waals surface area contributed by atoms with Crippen LogP contribution in [0.4, 0.5) is 0 Å². The van der Waals surface area contributed by atoms with E-state index < -0.39 is 0 Å². The van der Waals surface area contributed by atoms with Gasteiger partial charge in [0.1, 0.15) is 5.75 Å². The van der Waals surface area contributed by atoms with Gasteiger partial charge in [-0.2, -0.15) is 0 Å². The molecule has 0 heterocycles. The second-order valence-electron chi connectivity index (χ2n) is 10.0. The van der Waals surface area contributed by atoms with E-state index in [1.165, 1.54) is 47.9 Å². The van der Waals surface area contributed by atoms with Crippen molar-refractivity contribution in [1.82, 2.24) is 10.6 Å². The molecule has 5 nitrogen and oxygen atoms in total. The summed E-state index contributed by atoms with van der Waals surface area (Å²) in [6, 6.07) is 23.3. The fourth-order valence-electron chi connectivity index (χ4n) is 5.04. The molecule has 41 heavy (non-hydrogen) atoms. The van der Waals surface area contributed by atoms with Crippen molar-refractivity contribution < 1.29 is 14.2 Å². The molecule has 0 saturated carbocycles. The molecule has 0 aliphatic rings. The maximum absolute atomic E-state index is 5.81. The molecule has 0 fully saturated rings. The number of rotatable bonds is 20. The summed E-state index contributed by atoms with van der Waals surface area (Å²) in [6.07, 6.45) is 10.1. The Bertz CT molecular complexity index is 1080.